The molecule has 0 saturated carbocycles. The van der Waals surface area contributed by atoms with Gasteiger partial charge in [-0.2, -0.15) is 0 Å². The van der Waals surface area contributed by atoms with Crippen molar-refractivity contribution >= 4 is 11.9 Å². The van der Waals surface area contributed by atoms with Crippen molar-refractivity contribution in [2.24, 2.45) is 4.99 Å². The summed E-state index contributed by atoms with van der Waals surface area (Å²) in [5.74, 6) is 0.881. The Balaban J connectivity index is 1.72. The average molecular weight is 380 g/mol. The summed E-state index contributed by atoms with van der Waals surface area (Å²) in [4.78, 5) is 19.5. The molecule has 1 fully saturated rings. The molecule has 148 valence electrons. The summed E-state index contributed by atoms with van der Waals surface area (Å²) in [6.45, 7) is 5.08. The van der Waals surface area contributed by atoms with E-state index in [0.717, 1.165) is 31.2 Å². The Bertz CT molecular complexity index is 835. The summed E-state index contributed by atoms with van der Waals surface area (Å²) in [6, 6.07) is 17.4. The van der Waals surface area contributed by atoms with E-state index in [1.54, 1.807) is 23.1 Å². The SMILES string of the molecule is CCCC1(C)N/C(=N\CCCc2ccccc2)N(Cc2cccc(O)c2)C1=O. The van der Waals surface area contributed by atoms with Gasteiger partial charge in [-0.3, -0.25) is 14.7 Å². The molecule has 0 radical (unpaired) electrons. The zero-order valence-electron chi connectivity index (χ0n) is 16.7. The molecule has 2 aromatic rings. The Morgan fingerprint density at radius 1 is 1.11 bits per heavy atom. The minimum atomic E-state index is -0.621. The van der Waals surface area contributed by atoms with Crippen molar-refractivity contribution in [1.82, 2.24) is 10.2 Å². The van der Waals surface area contributed by atoms with Gasteiger partial charge in [-0.1, -0.05) is 55.8 Å². The van der Waals surface area contributed by atoms with Gasteiger partial charge in [0.05, 0.1) is 6.54 Å². The molecule has 0 aromatic heterocycles. The van der Waals surface area contributed by atoms with E-state index in [0.29, 0.717) is 19.0 Å². The van der Waals surface area contributed by atoms with Crippen molar-refractivity contribution in [3.05, 3.63) is 65.7 Å². The number of nitrogens with one attached hydrogen (secondary N) is 1. The number of carbonyl (C=O) groups is 1. The minimum absolute atomic E-state index is 0.0412. The Kier molecular flexibility index (Phi) is 6.34. The fraction of sp³-hybridized carbons (Fsp3) is 0.391. The highest BCUT2D eigenvalue weighted by Crippen LogP contribution is 2.25. The molecule has 3 rings (SSSR count). The molecule has 0 spiro atoms. The van der Waals surface area contributed by atoms with Crippen molar-refractivity contribution in [3.8, 4) is 5.75 Å². The van der Waals surface area contributed by atoms with Crippen molar-refractivity contribution < 1.29 is 9.90 Å². The van der Waals surface area contributed by atoms with Crippen LogP contribution in [0.15, 0.2) is 59.6 Å². The number of nitrogens with zero attached hydrogens (tertiary/aromatic N) is 2. The number of hydrogen-bond acceptors (Lipinski definition) is 3. The van der Waals surface area contributed by atoms with Crippen LogP contribution in [0.5, 0.6) is 5.75 Å². The number of aliphatic imine (C=N–C) groups is 1. The van der Waals surface area contributed by atoms with E-state index < -0.39 is 5.54 Å². The highest BCUT2D eigenvalue weighted by Gasteiger charge is 2.45. The Hall–Kier alpha value is -2.82. The quantitative estimate of drug-likeness (QED) is 0.684. The van der Waals surface area contributed by atoms with Gasteiger partial charge in [0.15, 0.2) is 0 Å². The molecule has 1 saturated heterocycles. The second kappa shape index (κ2) is 8.91. The first-order chi connectivity index (χ1) is 13.5. The van der Waals surface area contributed by atoms with Gasteiger partial charge < -0.3 is 10.4 Å². The van der Waals surface area contributed by atoms with Crippen LogP contribution in [0.4, 0.5) is 0 Å². The van der Waals surface area contributed by atoms with Gasteiger partial charge in [-0.15, -0.1) is 0 Å². The predicted molar refractivity (Wildman–Crippen MR) is 112 cm³/mol. The first kappa shape index (κ1) is 19.9. The monoisotopic (exact) mass is 379 g/mol. The molecule has 2 N–H and O–H groups in total. The maximum atomic E-state index is 13.1. The molecule has 1 unspecified atom stereocenters. The second-order valence-electron chi connectivity index (χ2n) is 7.56. The summed E-state index contributed by atoms with van der Waals surface area (Å²) in [5.41, 5.74) is 1.56. The van der Waals surface area contributed by atoms with Crippen molar-refractivity contribution in [1.29, 1.82) is 0 Å². The zero-order chi connectivity index (χ0) is 20.0. The van der Waals surface area contributed by atoms with Crippen LogP contribution >= 0.6 is 0 Å². The van der Waals surface area contributed by atoms with E-state index in [-0.39, 0.29) is 11.7 Å². The zero-order valence-corrected chi connectivity index (χ0v) is 16.7. The molecule has 0 bridgehead atoms. The number of phenols is 1. The predicted octanol–water partition coefficient (Wildman–Crippen LogP) is 3.87. The third-order valence-corrected chi connectivity index (χ3v) is 5.09. The largest absolute Gasteiger partial charge is 0.508 e. The maximum absolute atomic E-state index is 13.1. The molecule has 1 aliphatic rings. The Labute approximate surface area is 167 Å². The van der Waals surface area contributed by atoms with Crippen molar-refractivity contribution in [3.63, 3.8) is 0 Å². The molecule has 1 heterocycles. The lowest BCUT2D eigenvalue weighted by Gasteiger charge is -2.21. The van der Waals surface area contributed by atoms with E-state index >= 15 is 0 Å². The topological polar surface area (TPSA) is 64.9 Å². The molecule has 2 aromatic carbocycles. The lowest BCUT2D eigenvalue weighted by atomic mass is 9.96. The van der Waals surface area contributed by atoms with Crippen molar-refractivity contribution in [2.75, 3.05) is 6.54 Å². The number of guanidine groups is 1. The van der Waals surface area contributed by atoms with Gasteiger partial charge >= 0.3 is 0 Å². The number of rotatable bonds is 8. The molecule has 5 heteroatoms. The molecular formula is C23H29N3O2. The van der Waals surface area contributed by atoms with Crippen LogP contribution in [0.3, 0.4) is 0 Å². The van der Waals surface area contributed by atoms with E-state index in [9.17, 15) is 9.90 Å². The minimum Gasteiger partial charge on any atom is -0.508 e. The number of benzene rings is 2. The maximum Gasteiger partial charge on any atom is 0.255 e. The normalized spacial score (nSPS) is 20.6. The fourth-order valence-electron chi connectivity index (χ4n) is 3.65. The summed E-state index contributed by atoms with van der Waals surface area (Å²) in [5, 5.41) is 13.1. The summed E-state index contributed by atoms with van der Waals surface area (Å²) < 4.78 is 0. The third kappa shape index (κ3) is 4.71. The Morgan fingerprint density at radius 3 is 2.57 bits per heavy atom. The first-order valence-corrected chi connectivity index (χ1v) is 9.98. The lowest BCUT2D eigenvalue weighted by Crippen LogP contribution is -2.43. The molecule has 1 atom stereocenters. The van der Waals surface area contributed by atoms with Crippen LogP contribution < -0.4 is 5.32 Å². The van der Waals surface area contributed by atoms with Gasteiger partial charge in [0.25, 0.3) is 5.91 Å². The van der Waals surface area contributed by atoms with Crippen LogP contribution in [0, 0.1) is 0 Å². The van der Waals surface area contributed by atoms with E-state index in [4.69, 9.17) is 4.99 Å². The molecule has 5 nitrogen and oxygen atoms in total. The van der Waals surface area contributed by atoms with Gasteiger partial charge in [0.1, 0.15) is 11.3 Å². The number of carbonyl (C=O) groups excluding carboxylic acids is 1. The number of aryl methyl sites for hydroxylation is 1. The first-order valence-electron chi connectivity index (χ1n) is 9.98. The highest BCUT2D eigenvalue weighted by atomic mass is 16.3. The summed E-state index contributed by atoms with van der Waals surface area (Å²) in [6.07, 6.45) is 3.56. The standard InChI is InChI=1S/C23H29N3O2/c1-3-14-23(2)21(28)26(17-19-11-7-13-20(27)16-19)22(25-23)24-15-8-12-18-9-5-4-6-10-18/h4-7,9-11,13,16,27H,3,8,12,14-15,17H2,1-2H3,(H,24,25). The Morgan fingerprint density at radius 2 is 1.86 bits per heavy atom. The number of phenolic OH excluding ortho intramolecular Hbond substituents is 1. The number of aromatic hydroxyl groups is 1. The van der Waals surface area contributed by atoms with Crippen LogP contribution in [-0.2, 0) is 17.8 Å². The summed E-state index contributed by atoms with van der Waals surface area (Å²) >= 11 is 0. The number of hydrogen-bond donors (Lipinski definition) is 2. The van der Waals surface area contributed by atoms with E-state index in [1.807, 2.05) is 31.2 Å². The van der Waals surface area contributed by atoms with E-state index in [2.05, 4.69) is 24.4 Å². The molecular weight excluding hydrogens is 350 g/mol. The summed E-state index contributed by atoms with van der Waals surface area (Å²) in [7, 11) is 0. The van der Waals surface area contributed by atoms with Crippen LogP contribution in [-0.4, -0.2) is 34.0 Å². The van der Waals surface area contributed by atoms with E-state index in [1.165, 1.54) is 5.56 Å². The number of amides is 1. The molecule has 1 aliphatic heterocycles. The second-order valence-corrected chi connectivity index (χ2v) is 7.56. The van der Waals surface area contributed by atoms with Gasteiger partial charge in [0, 0.05) is 6.54 Å². The molecule has 28 heavy (non-hydrogen) atoms. The smallest absolute Gasteiger partial charge is 0.255 e. The van der Waals surface area contributed by atoms with Crippen LogP contribution in [0.1, 0.15) is 44.2 Å². The van der Waals surface area contributed by atoms with Crippen LogP contribution in [0.2, 0.25) is 0 Å². The van der Waals surface area contributed by atoms with Gasteiger partial charge in [-0.05, 0) is 49.4 Å². The molecule has 0 aliphatic carbocycles. The fourth-order valence-corrected chi connectivity index (χ4v) is 3.65. The van der Waals surface area contributed by atoms with Crippen LogP contribution in [0.25, 0.3) is 0 Å². The third-order valence-electron chi connectivity index (χ3n) is 5.09. The van der Waals surface area contributed by atoms with Crippen molar-refractivity contribution in [2.45, 2.75) is 51.6 Å². The average Bonchev–Trinajstić information content (AvgIpc) is 2.91. The van der Waals surface area contributed by atoms with Gasteiger partial charge in [-0.25, -0.2) is 0 Å². The lowest BCUT2D eigenvalue weighted by molar-refractivity contribution is -0.131. The highest BCUT2D eigenvalue weighted by molar-refractivity contribution is 6.08. The van der Waals surface area contributed by atoms with Gasteiger partial charge in [0.2, 0.25) is 5.96 Å². The molecule has 1 amide bonds.